The van der Waals surface area contributed by atoms with Gasteiger partial charge < -0.3 is 76.8 Å². The van der Waals surface area contributed by atoms with Gasteiger partial charge in [-0.05, 0) is 0 Å². The predicted octanol–water partition coefficient (Wildman–Crippen LogP) is -10.3. The third kappa shape index (κ3) is 91.6. The predicted molar refractivity (Wildman–Crippen MR) is 51.0 cm³/mol. The van der Waals surface area contributed by atoms with Crippen LogP contribution in [0.3, 0.4) is 0 Å². The summed E-state index contributed by atoms with van der Waals surface area (Å²) in [7, 11) is -11.4. The van der Waals surface area contributed by atoms with Crippen LogP contribution in [0, 0.1) is 0 Å². The molecule has 0 aromatic heterocycles. The molecule has 0 fully saturated rings. The number of phosphoric acid groups is 2. The molecule has 0 aromatic carbocycles. The van der Waals surface area contributed by atoms with E-state index in [0.29, 0.717) is 0 Å². The first-order chi connectivity index (χ1) is 3.71. The van der Waals surface area contributed by atoms with Gasteiger partial charge in [-0.3, -0.25) is 0 Å². The molecule has 18 heteroatoms. The third-order valence-corrected chi connectivity index (χ3v) is 1.80. The van der Waals surface area contributed by atoms with E-state index in [1.54, 1.807) is 0 Å². The van der Waals surface area contributed by atoms with E-state index < -0.39 is 15.6 Å². The summed E-state index contributed by atoms with van der Waals surface area (Å²) in [6.07, 6.45) is 0. The van der Waals surface area contributed by atoms with Crippen molar-refractivity contribution in [3.63, 3.8) is 0 Å². The average molecular weight is 342 g/mol. The van der Waals surface area contributed by atoms with Crippen molar-refractivity contribution in [1.29, 1.82) is 0 Å². The maximum Gasteiger partial charge on any atom is 2.00 e. The van der Waals surface area contributed by atoms with E-state index in [2.05, 4.69) is 4.31 Å². The Labute approximate surface area is 116 Å². The van der Waals surface area contributed by atoms with Gasteiger partial charge in [0.15, 0.2) is 0 Å². The average Bonchev–Trinajstić information content (AvgIpc) is 1.14. The maximum atomic E-state index is 9.32. The van der Waals surface area contributed by atoms with Crippen LogP contribution < -0.4 is 19.6 Å². The van der Waals surface area contributed by atoms with E-state index >= 15 is 0 Å². The molecule has 0 atom stereocenters. The second-order valence-corrected chi connectivity index (χ2v) is 3.42. The maximum absolute atomic E-state index is 9.32. The van der Waals surface area contributed by atoms with Gasteiger partial charge in [-0.2, -0.15) is 0 Å². The number of hydrogen-bond donors (Lipinski definition) is 0. The monoisotopic (exact) mass is 342 g/mol. The molecule has 0 amide bonds. The van der Waals surface area contributed by atoms with Gasteiger partial charge in [0.1, 0.15) is 0 Å². The molecular formula is H16MgO15P2-2. The molecule has 18 heavy (non-hydrogen) atoms. The third-order valence-electron chi connectivity index (χ3n) is 0.200. The Hall–Kier alpha value is 0.706. The summed E-state index contributed by atoms with van der Waals surface area (Å²) in [6.45, 7) is 0. The van der Waals surface area contributed by atoms with Crippen LogP contribution in [0.25, 0.3) is 0 Å². The first-order valence-electron chi connectivity index (χ1n) is 1.46. The Bertz CT molecular complexity index is 155. The van der Waals surface area contributed by atoms with Gasteiger partial charge in [0, 0.05) is 0 Å². The molecule has 0 rings (SSSR count). The van der Waals surface area contributed by atoms with E-state index in [1.165, 1.54) is 0 Å². The standard InChI is InChI=1S/Mg.H4O7P2.8H2O/c;1-8(2,3)7-9(4,5)6;;;;;;;;/h;(H2,1,2,3)(H2,4,5,6);8*1H2/q+2;;;;;;;;;/p-4. The molecule has 15 nitrogen and oxygen atoms in total. The van der Waals surface area contributed by atoms with Gasteiger partial charge >= 0.3 is 23.1 Å². The van der Waals surface area contributed by atoms with E-state index in [-0.39, 0.29) is 66.9 Å². The Morgan fingerprint density at radius 2 is 0.667 bits per heavy atom. The SMILES string of the molecule is O.O.O.O.O.O.O.O.O=P([O-])([O-])OP(=O)([O-])[O-].[Mg+2]. The van der Waals surface area contributed by atoms with E-state index in [1.807, 2.05) is 0 Å². The van der Waals surface area contributed by atoms with Crippen LogP contribution in [-0.2, 0) is 13.4 Å². The zero-order valence-corrected chi connectivity index (χ0v) is 11.7. The van der Waals surface area contributed by atoms with Crippen molar-refractivity contribution in [2.45, 2.75) is 0 Å². The summed E-state index contributed by atoms with van der Waals surface area (Å²) in [5, 5.41) is 0. The molecule has 0 spiro atoms. The second kappa shape index (κ2) is 26.3. The van der Waals surface area contributed by atoms with Crippen molar-refractivity contribution in [2.75, 3.05) is 0 Å². The largest absolute Gasteiger partial charge is 2.00 e. The topological polar surface area (TPSA) is 388 Å². The molecule has 0 aliphatic rings. The Morgan fingerprint density at radius 1 is 0.556 bits per heavy atom. The Kier molecular flexibility index (Phi) is 113. The van der Waals surface area contributed by atoms with E-state index in [0.717, 1.165) is 0 Å². The fourth-order valence-corrected chi connectivity index (χ4v) is 1.10. The fourth-order valence-electron chi connectivity index (χ4n) is 0.122. The Balaban J connectivity index is -0.00000000889. The number of hydrogen-bond acceptors (Lipinski definition) is 7. The quantitative estimate of drug-likeness (QED) is 0.343. The van der Waals surface area contributed by atoms with Gasteiger partial charge in [-0.1, -0.05) is 0 Å². The van der Waals surface area contributed by atoms with Gasteiger partial charge in [0.05, 0.1) is 15.6 Å². The summed E-state index contributed by atoms with van der Waals surface area (Å²) in [4.78, 5) is 37.3. The molecule has 0 aliphatic heterocycles. The summed E-state index contributed by atoms with van der Waals surface area (Å²) in [6, 6.07) is 0. The van der Waals surface area contributed by atoms with Crippen LogP contribution in [0.4, 0.5) is 0 Å². The summed E-state index contributed by atoms with van der Waals surface area (Å²) in [5.74, 6) is 0. The van der Waals surface area contributed by atoms with E-state index in [9.17, 15) is 28.7 Å². The molecule has 0 heterocycles. The minimum absolute atomic E-state index is 0. The first kappa shape index (κ1) is 77.4. The van der Waals surface area contributed by atoms with Crippen LogP contribution in [0.15, 0.2) is 0 Å². The molecule has 0 saturated carbocycles. The zero-order chi connectivity index (χ0) is 7.71. The van der Waals surface area contributed by atoms with E-state index in [4.69, 9.17) is 0 Å². The van der Waals surface area contributed by atoms with Crippen LogP contribution in [0.5, 0.6) is 0 Å². The van der Waals surface area contributed by atoms with Gasteiger partial charge in [-0.25, -0.2) is 0 Å². The Morgan fingerprint density at radius 3 is 0.667 bits per heavy atom. The minimum Gasteiger partial charge on any atom is -0.790 e. The molecular weight excluding hydrogens is 326 g/mol. The molecule has 120 valence electrons. The molecule has 0 unspecified atom stereocenters. The first-order valence-corrected chi connectivity index (χ1v) is 4.38. The van der Waals surface area contributed by atoms with Crippen molar-refractivity contribution in [2.24, 2.45) is 0 Å². The van der Waals surface area contributed by atoms with Gasteiger partial charge in [-0.15, -0.1) is 0 Å². The van der Waals surface area contributed by atoms with Crippen LogP contribution in [-0.4, -0.2) is 66.9 Å². The second-order valence-electron chi connectivity index (χ2n) is 0.976. The molecule has 0 radical (unpaired) electrons. The van der Waals surface area contributed by atoms with Crippen molar-refractivity contribution >= 4 is 38.7 Å². The molecule has 0 aromatic rings. The van der Waals surface area contributed by atoms with Crippen molar-refractivity contribution in [3.8, 4) is 0 Å². The molecule has 0 bridgehead atoms. The summed E-state index contributed by atoms with van der Waals surface area (Å²) in [5.41, 5.74) is 0. The smallest absolute Gasteiger partial charge is 0.790 e. The van der Waals surface area contributed by atoms with Gasteiger partial charge in [0.25, 0.3) is 0 Å². The minimum atomic E-state index is -5.68. The van der Waals surface area contributed by atoms with Gasteiger partial charge in [0.2, 0.25) is 0 Å². The number of rotatable bonds is 2. The van der Waals surface area contributed by atoms with Crippen molar-refractivity contribution in [3.05, 3.63) is 0 Å². The van der Waals surface area contributed by atoms with Crippen LogP contribution in [0.1, 0.15) is 0 Å². The molecule has 16 N–H and O–H groups in total. The normalized spacial score (nSPS) is 6.89. The zero-order valence-electron chi connectivity index (χ0n) is 8.46. The molecule has 0 aliphatic carbocycles. The van der Waals surface area contributed by atoms with Crippen molar-refractivity contribution in [1.82, 2.24) is 0 Å². The van der Waals surface area contributed by atoms with Crippen LogP contribution >= 0.6 is 15.6 Å². The fraction of sp³-hybridized carbons (Fsp3) is 0. The van der Waals surface area contributed by atoms with Crippen molar-refractivity contribution < 1.29 is 76.8 Å². The summed E-state index contributed by atoms with van der Waals surface area (Å²) < 4.78 is 21.2. The van der Waals surface area contributed by atoms with Crippen LogP contribution in [0.2, 0.25) is 0 Å². The molecule has 0 saturated heterocycles. The summed E-state index contributed by atoms with van der Waals surface area (Å²) >= 11 is 0.